The van der Waals surface area contributed by atoms with E-state index in [9.17, 15) is 0 Å². The van der Waals surface area contributed by atoms with E-state index in [0.29, 0.717) is 12.3 Å². The van der Waals surface area contributed by atoms with Gasteiger partial charge >= 0.3 is 0 Å². The molecule has 0 amide bonds. The molecule has 1 heterocycles. The predicted octanol–water partition coefficient (Wildman–Crippen LogP) is 1.91. The Bertz CT molecular complexity index is 476. The number of benzene rings is 1. The lowest BCUT2D eigenvalue weighted by molar-refractivity contribution is 0.397. The van der Waals surface area contributed by atoms with Gasteiger partial charge in [-0.05, 0) is 0 Å². The topological polar surface area (TPSA) is 57.6 Å². The van der Waals surface area contributed by atoms with Gasteiger partial charge in [-0.3, -0.25) is 0 Å². The maximum absolute atomic E-state index is 5.61. The monoisotopic (exact) mass is 207 g/mol. The molecule has 1 aromatic heterocycles. The van der Waals surface area contributed by atoms with Gasteiger partial charge in [0.1, 0.15) is 17.1 Å². The Labute approximate surface area is 87.6 Å². The summed E-state index contributed by atoms with van der Waals surface area (Å²) in [6.45, 7) is 0.426. The van der Waals surface area contributed by atoms with Crippen molar-refractivity contribution in [2.45, 2.75) is 6.54 Å². The van der Waals surface area contributed by atoms with Crippen LogP contribution in [0.15, 0.2) is 22.8 Å². The fourth-order valence-corrected chi connectivity index (χ4v) is 1.60. The van der Waals surface area contributed by atoms with E-state index in [4.69, 9.17) is 19.6 Å². The van der Waals surface area contributed by atoms with Gasteiger partial charge in [0, 0.05) is 24.2 Å². The van der Waals surface area contributed by atoms with E-state index in [1.54, 1.807) is 20.5 Å². The summed E-state index contributed by atoms with van der Waals surface area (Å²) in [6.07, 6.45) is 1.65. The molecule has 0 aliphatic rings. The first-order valence-electron chi connectivity index (χ1n) is 4.62. The predicted molar refractivity (Wildman–Crippen MR) is 57.2 cm³/mol. The molecule has 80 valence electrons. The summed E-state index contributed by atoms with van der Waals surface area (Å²) in [6, 6.07) is 3.63. The Balaban J connectivity index is 2.72. The van der Waals surface area contributed by atoms with E-state index >= 15 is 0 Å². The van der Waals surface area contributed by atoms with Gasteiger partial charge in [0.2, 0.25) is 0 Å². The molecular weight excluding hydrogens is 194 g/mol. The molecule has 2 rings (SSSR count). The van der Waals surface area contributed by atoms with Crippen molar-refractivity contribution in [3.05, 3.63) is 24.0 Å². The van der Waals surface area contributed by atoms with Crippen LogP contribution in [0.2, 0.25) is 0 Å². The van der Waals surface area contributed by atoms with Crippen molar-refractivity contribution >= 4 is 11.0 Å². The number of furan rings is 1. The number of hydrogen-bond donors (Lipinski definition) is 1. The Morgan fingerprint density at radius 3 is 2.67 bits per heavy atom. The molecule has 0 saturated heterocycles. The second-order valence-electron chi connectivity index (χ2n) is 3.17. The molecule has 0 aliphatic carbocycles. The van der Waals surface area contributed by atoms with Gasteiger partial charge in [-0.15, -0.1) is 0 Å². The zero-order valence-corrected chi connectivity index (χ0v) is 8.74. The molecule has 2 aromatic rings. The Kier molecular flexibility index (Phi) is 2.51. The largest absolute Gasteiger partial charge is 0.496 e. The van der Waals surface area contributed by atoms with Gasteiger partial charge in [0.05, 0.1) is 25.9 Å². The highest BCUT2D eigenvalue weighted by Gasteiger charge is 2.12. The molecule has 0 spiro atoms. The SMILES string of the molecule is COc1cc(OC)c2c(CN)coc2c1. The summed E-state index contributed by atoms with van der Waals surface area (Å²) in [5.74, 6) is 1.43. The molecule has 0 unspecified atom stereocenters. The van der Waals surface area contributed by atoms with Crippen molar-refractivity contribution < 1.29 is 13.9 Å². The molecule has 0 fully saturated rings. The van der Waals surface area contributed by atoms with E-state index in [1.165, 1.54) is 0 Å². The minimum absolute atomic E-state index is 0.426. The number of ether oxygens (including phenoxy) is 2. The molecule has 0 aliphatic heterocycles. The molecule has 0 radical (unpaired) electrons. The van der Waals surface area contributed by atoms with Crippen LogP contribution in [0.25, 0.3) is 11.0 Å². The maximum atomic E-state index is 5.61. The summed E-state index contributed by atoms with van der Waals surface area (Å²) in [7, 11) is 3.22. The van der Waals surface area contributed by atoms with Crippen molar-refractivity contribution in [2.24, 2.45) is 5.73 Å². The van der Waals surface area contributed by atoms with Gasteiger partial charge in [0.15, 0.2) is 0 Å². The van der Waals surface area contributed by atoms with E-state index in [-0.39, 0.29) is 0 Å². The summed E-state index contributed by atoms with van der Waals surface area (Å²) in [5.41, 5.74) is 7.27. The van der Waals surface area contributed by atoms with Gasteiger partial charge in [-0.2, -0.15) is 0 Å². The van der Waals surface area contributed by atoms with Crippen LogP contribution in [0.3, 0.4) is 0 Å². The fourth-order valence-electron chi connectivity index (χ4n) is 1.60. The average molecular weight is 207 g/mol. The zero-order valence-electron chi connectivity index (χ0n) is 8.74. The normalized spacial score (nSPS) is 10.6. The summed E-state index contributed by atoms with van der Waals surface area (Å²) in [4.78, 5) is 0. The third-order valence-electron chi connectivity index (χ3n) is 2.36. The lowest BCUT2D eigenvalue weighted by Crippen LogP contribution is -1.96. The first kappa shape index (κ1) is 9.86. The fraction of sp³-hybridized carbons (Fsp3) is 0.273. The van der Waals surface area contributed by atoms with E-state index in [1.807, 2.05) is 12.1 Å². The standard InChI is InChI=1S/C11H13NO3/c1-13-8-3-9(14-2)11-7(5-12)6-15-10(11)4-8/h3-4,6H,5,12H2,1-2H3. The van der Waals surface area contributed by atoms with Crippen LogP contribution < -0.4 is 15.2 Å². The molecule has 0 bridgehead atoms. The van der Waals surface area contributed by atoms with Crippen molar-refractivity contribution in [3.63, 3.8) is 0 Å². The Morgan fingerprint density at radius 2 is 2.07 bits per heavy atom. The van der Waals surface area contributed by atoms with Crippen LogP contribution in [-0.4, -0.2) is 14.2 Å². The van der Waals surface area contributed by atoms with Crippen LogP contribution in [0.4, 0.5) is 0 Å². The number of rotatable bonds is 3. The third-order valence-corrected chi connectivity index (χ3v) is 2.36. The van der Waals surface area contributed by atoms with Gasteiger partial charge < -0.3 is 19.6 Å². The highest BCUT2D eigenvalue weighted by molar-refractivity contribution is 5.89. The Morgan fingerprint density at radius 1 is 1.27 bits per heavy atom. The summed E-state index contributed by atoms with van der Waals surface area (Å²) < 4.78 is 15.8. The molecule has 15 heavy (non-hydrogen) atoms. The number of hydrogen-bond acceptors (Lipinski definition) is 4. The summed E-state index contributed by atoms with van der Waals surface area (Å²) >= 11 is 0. The molecule has 0 atom stereocenters. The van der Waals surface area contributed by atoms with Gasteiger partial charge in [-0.1, -0.05) is 0 Å². The molecule has 4 heteroatoms. The molecular formula is C11H13NO3. The van der Waals surface area contributed by atoms with Crippen molar-refractivity contribution in [3.8, 4) is 11.5 Å². The minimum atomic E-state index is 0.426. The van der Waals surface area contributed by atoms with E-state index in [0.717, 1.165) is 22.3 Å². The molecule has 4 nitrogen and oxygen atoms in total. The van der Waals surface area contributed by atoms with Gasteiger partial charge in [-0.25, -0.2) is 0 Å². The minimum Gasteiger partial charge on any atom is -0.496 e. The first-order chi connectivity index (χ1) is 7.30. The molecule has 2 N–H and O–H groups in total. The average Bonchev–Trinajstić information content (AvgIpc) is 2.70. The first-order valence-corrected chi connectivity index (χ1v) is 4.62. The van der Waals surface area contributed by atoms with Crippen molar-refractivity contribution in [1.82, 2.24) is 0 Å². The van der Waals surface area contributed by atoms with E-state index in [2.05, 4.69) is 0 Å². The highest BCUT2D eigenvalue weighted by atomic mass is 16.5. The highest BCUT2D eigenvalue weighted by Crippen LogP contribution is 2.34. The second-order valence-corrected chi connectivity index (χ2v) is 3.17. The summed E-state index contributed by atoms with van der Waals surface area (Å²) in [5, 5.41) is 0.917. The quantitative estimate of drug-likeness (QED) is 0.835. The lowest BCUT2D eigenvalue weighted by Gasteiger charge is -2.05. The van der Waals surface area contributed by atoms with Crippen LogP contribution in [0.5, 0.6) is 11.5 Å². The maximum Gasteiger partial charge on any atom is 0.141 e. The Hall–Kier alpha value is -1.68. The van der Waals surface area contributed by atoms with Crippen LogP contribution in [0.1, 0.15) is 5.56 Å². The van der Waals surface area contributed by atoms with Crippen LogP contribution in [0, 0.1) is 0 Å². The van der Waals surface area contributed by atoms with Gasteiger partial charge in [0.25, 0.3) is 0 Å². The van der Waals surface area contributed by atoms with Crippen molar-refractivity contribution in [1.29, 1.82) is 0 Å². The van der Waals surface area contributed by atoms with Crippen molar-refractivity contribution in [2.75, 3.05) is 14.2 Å². The van der Waals surface area contributed by atoms with E-state index < -0.39 is 0 Å². The van der Waals surface area contributed by atoms with Crippen LogP contribution >= 0.6 is 0 Å². The number of nitrogens with two attached hydrogens (primary N) is 1. The number of fused-ring (bicyclic) bond motifs is 1. The van der Waals surface area contributed by atoms with Crippen LogP contribution in [-0.2, 0) is 6.54 Å². The number of methoxy groups -OCH3 is 2. The smallest absolute Gasteiger partial charge is 0.141 e. The molecule has 1 aromatic carbocycles. The lowest BCUT2D eigenvalue weighted by atomic mass is 10.1. The third kappa shape index (κ3) is 1.53. The molecule has 0 saturated carbocycles. The zero-order chi connectivity index (χ0) is 10.8. The second kappa shape index (κ2) is 3.82.